The van der Waals surface area contributed by atoms with E-state index in [1.165, 1.54) is 15.6 Å². The Labute approximate surface area is 81.0 Å². The molecule has 0 saturated carbocycles. The molecule has 62 valence electrons. The standard InChI is InChI=1S/C10H11N.Cr/c1-2-11-7-9-5-3-4-6-10(9)8-11;/h3-6H,7-8H2,1H3;. The average molecular weight is 197 g/mol. The number of rotatable bonds is 1. The molecule has 1 aromatic rings. The monoisotopic (exact) mass is 197 g/mol. The molecule has 0 bridgehead atoms. The molecule has 0 radical (unpaired) electrons. The summed E-state index contributed by atoms with van der Waals surface area (Å²) in [5.41, 5.74) is 2.93. The van der Waals surface area contributed by atoms with Gasteiger partial charge in [-0.3, -0.25) is 0 Å². The molecule has 2 heteroatoms. The Kier molecular flexibility index (Phi) is 2.15. The van der Waals surface area contributed by atoms with E-state index >= 15 is 0 Å². The van der Waals surface area contributed by atoms with E-state index in [1.807, 2.05) is 0 Å². The van der Waals surface area contributed by atoms with Crippen LogP contribution in [-0.4, -0.2) is 9.40 Å². The van der Waals surface area contributed by atoms with Gasteiger partial charge in [-0.1, -0.05) is 0 Å². The molecule has 1 heterocycles. The maximum atomic E-state index is 3.06. The van der Waals surface area contributed by atoms with Crippen molar-refractivity contribution in [1.29, 1.82) is 0 Å². The number of hydrogen-bond acceptors (Lipinski definition) is 1. The van der Waals surface area contributed by atoms with Gasteiger partial charge in [0.2, 0.25) is 0 Å². The zero-order valence-corrected chi connectivity index (χ0v) is 8.35. The number of benzene rings is 1. The first-order valence-electron chi connectivity index (χ1n) is 4.09. The van der Waals surface area contributed by atoms with Crippen LogP contribution in [0.3, 0.4) is 0 Å². The minimum absolute atomic E-state index is 1.06. The first kappa shape index (κ1) is 8.19. The Morgan fingerprint density at radius 3 is 2.17 bits per heavy atom. The van der Waals surface area contributed by atoms with Crippen LogP contribution in [0.4, 0.5) is 0 Å². The molecule has 0 spiro atoms. The van der Waals surface area contributed by atoms with Gasteiger partial charge in [-0.25, -0.2) is 0 Å². The van der Waals surface area contributed by atoms with Crippen LogP contribution >= 0.6 is 0 Å². The SMILES string of the molecule is C[C](=[Cr])N1Cc2ccccc2C1. The molecule has 0 unspecified atom stereocenters. The Hall–Kier alpha value is -0.418. The molecular weight excluding hydrogens is 186 g/mol. The van der Waals surface area contributed by atoms with Crippen LogP contribution < -0.4 is 0 Å². The fraction of sp³-hybridized carbons (Fsp3) is 0.300. The van der Waals surface area contributed by atoms with E-state index in [-0.39, 0.29) is 0 Å². The second-order valence-corrected chi connectivity index (χ2v) is 4.07. The van der Waals surface area contributed by atoms with E-state index in [2.05, 4.69) is 51.9 Å². The molecule has 0 atom stereocenters. The molecule has 0 N–H and O–H groups in total. The van der Waals surface area contributed by atoms with Gasteiger partial charge in [0, 0.05) is 0 Å². The molecule has 0 aliphatic carbocycles. The molecule has 0 aromatic heterocycles. The van der Waals surface area contributed by atoms with Gasteiger partial charge in [-0.2, -0.15) is 0 Å². The van der Waals surface area contributed by atoms with Crippen LogP contribution in [0.2, 0.25) is 0 Å². The average Bonchev–Trinajstić information content (AvgIpc) is 2.46. The van der Waals surface area contributed by atoms with Crippen molar-refractivity contribution in [3.63, 3.8) is 0 Å². The molecular formula is C10H11CrN. The van der Waals surface area contributed by atoms with Crippen molar-refractivity contribution in [2.75, 3.05) is 0 Å². The van der Waals surface area contributed by atoms with E-state index in [9.17, 15) is 0 Å². The van der Waals surface area contributed by atoms with Crippen molar-refractivity contribution in [2.24, 2.45) is 0 Å². The minimum atomic E-state index is 1.06. The summed E-state index contributed by atoms with van der Waals surface area (Å²) in [7, 11) is 0. The first-order valence-corrected chi connectivity index (χ1v) is 4.73. The molecule has 1 aliphatic rings. The fourth-order valence-electron chi connectivity index (χ4n) is 1.56. The maximum absolute atomic E-state index is 3.06. The molecule has 0 fully saturated rings. The number of hydrogen-bond donors (Lipinski definition) is 0. The van der Waals surface area contributed by atoms with Crippen molar-refractivity contribution in [2.45, 2.75) is 20.0 Å². The quantitative estimate of drug-likeness (QED) is 0.662. The molecule has 1 aromatic carbocycles. The fourth-order valence-corrected chi connectivity index (χ4v) is 1.76. The van der Waals surface area contributed by atoms with E-state index in [1.54, 1.807) is 0 Å². The molecule has 0 amide bonds. The van der Waals surface area contributed by atoms with E-state index in [4.69, 9.17) is 0 Å². The van der Waals surface area contributed by atoms with Gasteiger partial charge in [-0.15, -0.1) is 0 Å². The van der Waals surface area contributed by atoms with Gasteiger partial charge in [0.15, 0.2) is 0 Å². The summed E-state index contributed by atoms with van der Waals surface area (Å²) in [6.07, 6.45) is 0. The second-order valence-electron chi connectivity index (χ2n) is 3.14. The van der Waals surface area contributed by atoms with Crippen molar-refractivity contribution in [1.82, 2.24) is 4.90 Å². The van der Waals surface area contributed by atoms with Crippen LogP contribution in [0, 0.1) is 0 Å². The van der Waals surface area contributed by atoms with Gasteiger partial charge < -0.3 is 0 Å². The number of fused-ring (bicyclic) bond motifs is 1. The Morgan fingerprint density at radius 2 is 1.75 bits per heavy atom. The van der Waals surface area contributed by atoms with Crippen LogP contribution in [0.5, 0.6) is 0 Å². The van der Waals surface area contributed by atoms with Crippen molar-refractivity contribution in [3.05, 3.63) is 35.4 Å². The zero-order chi connectivity index (χ0) is 8.55. The Balaban J connectivity index is 2.27. The van der Waals surface area contributed by atoms with E-state index in [0.717, 1.165) is 13.1 Å². The van der Waals surface area contributed by atoms with Crippen molar-refractivity contribution >= 4 is 4.50 Å². The topological polar surface area (TPSA) is 3.24 Å². The summed E-state index contributed by atoms with van der Waals surface area (Å²) < 4.78 is 1.28. The number of nitrogens with zero attached hydrogens (tertiary/aromatic N) is 1. The summed E-state index contributed by atoms with van der Waals surface area (Å²) in [6.45, 7) is 4.25. The predicted octanol–water partition coefficient (Wildman–Crippen LogP) is 1.70. The van der Waals surface area contributed by atoms with Gasteiger partial charge in [0.25, 0.3) is 0 Å². The summed E-state index contributed by atoms with van der Waals surface area (Å²) in [4.78, 5) is 2.35. The third kappa shape index (κ3) is 1.38. The van der Waals surface area contributed by atoms with Crippen molar-refractivity contribution in [3.8, 4) is 0 Å². The zero-order valence-electron chi connectivity index (χ0n) is 7.08. The summed E-state index contributed by atoms with van der Waals surface area (Å²) in [5.74, 6) is 0. The summed E-state index contributed by atoms with van der Waals surface area (Å²) in [5, 5.41) is 0. The molecule has 1 nitrogen and oxygen atoms in total. The summed E-state index contributed by atoms with van der Waals surface area (Å²) >= 11 is 3.06. The molecule has 12 heavy (non-hydrogen) atoms. The van der Waals surface area contributed by atoms with Gasteiger partial charge in [0.05, 0.1) is 0 Å². The van der Waals surface area contributed by atoms with Crippen molar-refractivity contribution < 1.29 is 15.9 Å². The van der Waals surface area contributed by atoms with Crippen LogP contribution in [-0.2, 0) is 28.9 Å². The first-order chi connectivity index (χ1) is 5.77. The molecule has 2 rings (SSSR count). The third-order valence-electron chi connectivity index (χ3n) is 2.29. The van der Waals surface area contributed by atoms with Gasteiger partial charge >= 0.3 is 80.7 Å². The van der Waals surface area contributed by atoms with Crippen LogP contribution in [0.25, 0.3) is 0 Å². The predicted molar refractivity (Wildman–Crippen MR) is 46.4 cm³/mol. The Bertz CT molecular complexity index is 294. The third-order valence-corrected chi connectivity index (χ3v) is 2.69. The van der Waals surface area contributed by atoms with E-state index in [0.29, 0.717) is 0 Å². The second kappa shape index (κ2) is 3.14. The van der Waals surface area contributed by atoms with Gasteiger partial charge in [0.1, 0.15) is 0 Å². The van der Waals surface area contributed by atoms with Crippen LogP contribution in [0.1, 0.15) is 18.1 Å². The van der Waals surface area contributed by atoms with Gasteiger partial charge in [-0.05, 0) is 0 Å². The normalized spacial score (nSPS) is 16.1. The molecule has 0 saturated heterocycles. The van der Waals surface area contributed by atoms with Crippen LogP contribution in [0.15, 0.2) is 24.3 Å². The molecule has 1 aliphatic heterocycles. The Morgan fingerprint density at radius 1 is 1.25 bits per heavy atom. The summed E-state index contributed by atoms with van der Waals surface area (Å²) in [6, 6.07) is 8.63. The van der Waals surface area contributed by atoms with E-state index < -0.39 is 0 Å².